The molecule has 0 aliphatic rings. The van der Waals surface area contributed by atoms with Crippen molar-refractivity contribution in [1.29, 1.82) is 0 Å². The van der Waals surface area contributed by atoms with Crippen LogP contribution >= 0.6 is 0 Å². The Hall–Kier alpha value is -2.50. The number of hydrogen-bond donors (Lipinski definition) is 1. The first-order valence-electron chi connectivity index (χ1n) is 5.97. The van der Waals surface area contributed by atoms with Crippen LogP contribution in [0.3, 0.4) is 0 Å². The Morgan fingerprint density at radius 3 is 2.50 bits per heavy atom. The topological polar surface area (TPSA) is 73.9 Å². The van der Waals surface area contributed by atoms with Crippen molar-refractivity contribution in [3.05, 3.63) is 29.5 Å². The van der Waals surface area contributed by atoms with Gasteiger partial charge in [-0.2, -0.15) is 0 Å². The SMILES string of the molecule is CCOC(=O)/C(=C/c1ccc(OC)c(OC)c1)NC=O. The number of esters is 1. The van der Waals surface area contributed by atoms with E-state index in [1.807, 2.05) is 0 Å². The van der Waals surface area contributed by atoms with Gasteiger partial charge in [0.25, 0.3) is 0 Å². The summed E-state index contributed by atoms with van der Waals surface area (Å²) in [5, 5.41) is 2.32. The summed E-state index contributed by atoms with van der Waals surface area (Å²) in [5.74, 6) is 0.496. The number of ether oxygens (including phenoxy) is 3. The van der Waals surface area contributed by atoms with Gasteiger partial charge in [-0.15, -0.1) is 0 Å². The maximum absolute atomic E-state index is 11.6. The third kappa shape index (κ3) is 4.01. The monoisotopic (exact) mass is 279 g/mol. The van der Waals surface area contributed by atoms with Crippen molar-refractivity contribution in [1.82, 2.24) is 5.32 Å². The Morgan fingerprint density at radius 2 is 1.95 bits per heavy atom. The Bertz CT molecular complexity index is 510. The van der Waals surface area contributed by atoms with Crippen molar-refractivity contribution in [2.75, 3.05) is 20.8 Å². The highest BCUT2D eigenvalue weighted by Gasteiger charge is 2.11. The van der Waals surface area contributed by atoms with E-state index in [2.05, 4.69) is 5.32 Å². The van der Waals surface area contributed by atoms with Gasteiger partial charge in [0.15, 0.2) is 11.5 Å². The summed E-state index contributed by atoms with van der Waals surface area (Å²) in [6, 6.07) is 5.12. The molecule has 0 radical (unpaired) electrons. The summed E-state index contributed by atoms with van der Waals surface area (Å²) in [4.78, 5) is 22.2. The fourth-order valence-electron chi connectivity index (χ4n) is 1.54. The molecule has 0 fully saturated rings. The highest BCUT2D eigenvalue weighted by molar-refractivity contribution is 5.95. The van der Waals surface area contributed by atoms with Crippen LogP contribution in [-0.2, 0) is 14.3 Å². The predicted molar refractivity (Wildman–Crippen MR) is 73.4 cm³/mol. The van der Waals surface area contributed by atoms with E-state index < -0.39 is 5.97 Å². The number of carbonyl (C=O) groups is 2. The van der Waals surface area contributed by atoms with Crippen molar-refractivity contribution < 1.29 is 23.8 Å². The maximum Gasteiger partial charge on any atom is 0.354 e. The number of carbonyl (C=O) groups excluding carboxylic acids is 2. The lowest BCUT2D eigenvalue weighted by molar-refractivity contribution is -0.139. The zero-order valence-corrected chi connectivity index (χ0v) is 11.6. The van der Waals surface area contributed by atoms with Crippen LogP contribution in [0.1, 0.15) is 12.5 Å². The minimum absolute atomic E-state index is 0.0501. The fourth-order valence-corrected chi connectivity index (χ4v) is 1.54. The molecule has 1 aromatic rings. The fraction of sp³-hybridized carbons (Fsp3) is 0.286. The van der Waals surface area contributed by atoms with E-state index in [4.69, 9.17) is 14.2 Å². The van der Waals surface area contributed by atoms with Gasteiger partial charge in [-0.05, 0) is 30.7 Å². The Labute approximate surface area is 117 Å². The molecule has 0 saturated heterocycles. The normalized spacial score (nSPS) is 10.7. The molecule has 0 spiro atoms. The molecule has 6 nitrogen and oxygen atoms in total. The summed E-state index contributed by atoms with van der Waals surface area (Å²) in [6.07, 6.45) is 1.91. The van der Waals surface area contributed by atoms with Crippen molar-refractivity contribution in [3.63, 3.8) is 0 Å². The summed E-state index contributed by atoms with van der Waals surface area (Å²) in [7, 11) is 3.05. The lowest BCUT2D eigenvalue weighted by Gasteiger charge is -2.09. The molecule has 1 N–H and O–H groups in total. The average molecular weight is 279 g/mol. The van der Waals surface area contributed by atoms with Gasteiger partial charge in [0, 0.05) is 0 Å². The predicted octanol–water partition coefficient (Wildman–Crippen LogP) is 1.35. The smallest absolute Gasteiger partial charge is 0.354 e. The van der Waals surface area contributed by atoms with Crippen molar-refractivity contribution in [3.8, 4) is 11.5 Å². The minimum atomic E-state index is -0.602. The van der Waals surface area contributed by atoms with Gasteiger partial charge in [0.1, 0.15) is 5.70 Å². The molecule has 0 aliphatic carbocycles. The molecule has 0 atom stereocenters. The van der Waals surface area contributed by atoms with Gasteiger partial charge >= 0.3 is 5.97 Å². The molecule has 0 bridgehead atoms. The van der Waals surface area contributed by atoms with Crippen LogP contribution in [0.5, 0.6) is 11.5 Å². The van der Waals surface area contributed by atoms with Crippen LogP contribution in [0.25, 0.3) is 6.08 Å². The second-order valence-electron chi connectivity index (χ2n) is 3.66. The van der Waals surface area contributed by atoms with E-state index in [0.29, 0.717) is 23.5 Å². The van der Waals surface area contributed by atoms with Crippen LogP contribution in [0, 0.1) is 0 Å². The van der Waals surface area contributed by atoms with E-state index in [-0.39, 0.29) is 12.3 Å². The lowest BCUT2D eigenvalue weighted by atomic mass is 10.1. The molecule has 1 rings (SSSR count). The second-order valence-corrected chi connectivity index (χ2v) is 3.66. The summed E-state index contributed by atoms with van der Waals surface area (Å²) >= 11 is 0. The van der Waals surface area contributed by atoms with Gasteiger partial charge in [0.2, 0.25) is 6.41 Å². The largest absolute Gasteiger partial charge is 0.493 e. The third-order valence-corrected chi connectivity index (χ3v) is 2.43. The lowest BCUT2D eigenvalue weighted by Crippen LogP contribution is -2.20. The molecule has 1 amide bonds. The first-order valence-corrected chi connectivity index (χ1v) is 5.97. The van der Waals surface area contributed by atoms with Gasteiger partial charge in [-0.1, -0.05) is 6.07 Å². The minimum Gasteiger partial charge on any atom is -0.493 e. The zero-order valence-electron chi connectivity index (χ0n) is 11.6. The third-order valence-electron chi connectivity index (χ3n) is 2.43. The molecule has 6 heteroatoms. The van der Waals surface area contributed by atoms with E-state index in [1.165, 1.54) is 20.3 Å². The molecular weight excluding hydrogens is 262 g/mol. The van der Waals surface area contributed by atoms with Crippen LogP contribution in [0.15, 0.2) is 23.9 Å². The Morgan fingerprint density at radius 1 is 1.25 bits per heavy atom. The molecule has 0 saturated carbocycles. The van der Waals surface area contributed by atoms with E-state index in [9.17, 15) is 9.59 Å². The molecule has 1 aromatic carbocycles. The van der Waals surface area contributed by atoms with Gasteiger partial charge in [0.05, 0.1) is 20.8 Å². The van der Waals surface area contributed by atoms with Crippen LogP contribution in [0.4, 0.5) is 0 Å². The van der Waals surface area contributed by atoms with E-state index in [0.717, 1.165) is 0 Å². The molecule has 0 aromatic heterocycles. The standard InChI is InChI=1S/C14H17NO5/c1-4-20-14(17)11(15-9-16)7-10-5-6-12(18-2)13(8-10)19-3/h5-9H,4H2,1-3H3,(H,15,16)/b11-7-. The number of hydrogen-bond acceptors (Lipinski definition) is 5. The number of rotatable bonds is 7. The first-order chi connectivity index (χ1) is 9.65. The second kappa shape index (κ2) is 7.83. The van der Waals surface area contributed by atoms with Crippen molar-refractivity contribution >= 4 is 18.5 Å². The van der Waals surface area contributed by atoms with Crippen LogP contribution < -0.4 is 14.8 Å². The molecule has 0 heterocycles. The van der Waals surface area contributed by atoms with Gasteiger partial charge < -0.3 is 19.5 Å². The highest BCUT2D eigenvalue weighted by atomic mass is 16.5. The van der Waals surface area contributed by atoms with E-state index >= 15 is 0 Å². The van der Waals surface area contributed by atoms with Crippen molar-refractivity contribution in [2.45, 2.75) is 6.92 Å². The van der Waals surface area contributed by atoms with Crippen molar-refractivity contribution in [2.24, 2.45) is 0 Å². The summed E-state index contributed by atoms with van der Waals surface area (Å²) in [5.41, 5.74) is 0.717. The summed E-state index contributed by atoms with van der Waals surface area (Å²) in [6.45, 7) is 1.91. The number of benzene rings is 1. The van der Waals surface area contributed by atoms with Gasteiger partial charge in [-0.3, -0.25) is 4.79 Å². The van der Waals surface area contributed by atoms with Crippen LogP contribution in [0.2, 0.25) is 0 Å². The quantitative estimate of drug-likeness (QED) is 0.463. The average Bonchev–Trinajstić information content (AvgIpc) is 2.46. The maximum atomic E-state index is 11.6. The number of nitrogens with one attached hydrogen (secondary N) is 1. The van der Waals surface area contributed by atoms with Gasteiger partial charge in [-0.25, -0.2) is 4.79 Å². The highest BCUT2D eigenvalue weighted by Crippen LogP contribution is 2.28. The molecule has 0 unspecified atom stereocenters. The van der Waals surface area contributed by atoms with E-state index in [1.54, 1.807) is 25.1 Å². The number of methoxy groups -OCH3 is 2. The molecule has 108 valence electrons. The van der Waals surface area contributed by atoms with Crippen LogP contribution in [-0.4, -0.2) is 33.2 Å². The number of amides is 1. The molecule has 20 heavy (non-hydrogen) atoms. The summed E-state index contributed by atoms with van der Waals surface area (Å²) < 4.78 is 15.1. The Balaban J connectivity index is 3.10. The molecule has 0 aliphatic heterocycles. The first kappa shape index (κ1) is 15.6. The zero-order chi connectivity index (χ0) is 15.0. The Kier molecular flexibility index (Phi) is 6.09. The molecular formula is C14H17NO5.